The van der Waals surface area contributed by atoms with Crippen LogP contribution in [0.2, 0.25) is 0 Å². The summed E-state index contributed by atoms with van der Waals surface area (Å²) in [5.41, 5.74) is 6.18. The van der Waals surface area contributed by atoms with E-state index in [1.807, 2.05) is 55.1 Å². The van der Waals surface area contributed by atoms with E-state index in [4.69, 9.17) is 0 Å². The summed E-state index contributed by atoms with van der Waals surface area (Å²) in [5.74, 6) is -0.423. The van der Waals surface area contributed by atoms with Crippen LogP contribution >= 0.6 is 0 Å². The minimum Gasteiger partial charge on any atom is -0.338 e. The fourth-order valence-electron chi connectivity index (χ4n) is 5.30. The number of benzene rings is 3. The molecule has 3 aromatic rings. The first-order valence-electron chi connectivity index (χ1n) is 12.6. The van der Waals surface area contributed by atoms with Gasteiger partial charge in [-0.3, -0.25) is 14.4 Å². The normalized spacial score (nSPS) is 17.0. The van der Waals surface area contributed by atoms with E-state index in [1.165, 1.54) is 5.56 Å². The zero-order valence-electron chi connectivity index (χ0n) is 20.8. The second kappa shape index (κ2) is 9.97. The van der Waals surface area contributed by atoms with Gasteiger partial charge in [-0.2, -0.15) is 0 Å². The van der Waals surface area contributed by atoms with Gasteiger partial charge in [0.2, 0.25) is 5.91 Å². The lowest BCUT2D eigenvalue weighted by Gasteiger charge is -2.32. The minimum absolute atomic E-state index is 0.0225. The van der Waals surface area contributed by atoms with Crippen molar-refractivity contribution >= 4 is 29.1 Å². The molecule has 2 heterocycles. The molecular formula is C30H31N3O3. The van der Waals surface area contributed by atoms with Gasteiger partial charge in [-0.05, 0) is 81.1 Å². The number of nitrogens with one attached hydrogen (secondary N) is 1. The number of hydrogen-bond acceptors (Lipinski definition) is 3. The monoisotopic (exact) mass is 481 g/mol. The van der Waals surface area contributed by atoms with Gasteiger partial charge >= 0.3 is 0 Å². The molecule has 1 unspecified atom stereocenters. The van der Waals surface area contributed by atoms with Crippen LogP contribution in [-0.4, -0.2) is 42.3 Å². The predicted octanol–water partition coefficient (Wildman–Crippen LogP) is 5.00. The Hall–Kier alpha value is -3.93. The lowest BCUT2D eigenvalue weighted by Crippen LogP contribution is -2.43. The van der Waals surface area contributed by atoms with Gasteiger partial charge in [-0.25, -0.2) is 0 Å². The highest BCUT2D eigenvalue weighted by Gasteiger charge is 2.29. The molecule has 0 aromatic heterocycles. The van der Waals surface area contributed by atoms with Crippen molar-refractivity contribution in [2.75, 3.05) is 29.9 Å². The van der Waals surface area contributed by atoms with Crippen molar-refractivity contribution in [1.29, 1.82) is 0 Å². The molecule has 2 aliphatic rings. The molecule has 0 spiro atoms. The molecule has 5 rings (SSSR count). The summed E-state index contributed by atoms with van der Waals surface area (Å²) >= 11 is 0. The van der Waals surface area contributed by atoms with Crippen molar-refractivity contribution in [2.45, 2.75) is 33.1 Å². The molecule has 3 amide bonds. The molecule has 6 heteroatoms. The Morgan fingerprint density at radius 1 is 0.833 bits per heavy atom. The second-order valence-corrected chi connectivity index (χ2v) is 9.87. The van der Waals surface area contributed by atoms with Crippen LogP contribution < -0.4 is 10.2 Å². The molecule has 36 heavy (non-hydrogen) atoms. The molecule has 0 saturated carbocycles. The van der Waals surface area contributed by atoms with E-state index in [-0.39, 0.29) is 23.6 Å². The van der Waals surface area contributed by atoms with Gasteiger partial charge in [0.25, 0.3) is 11.8 Å². The predicted molar refractivity (Wildman–Crippen MR) is 141 cm³/mol. The zero-order valence-corrected chi connectivity index (χ0v) is 20.8. The molecule has 1 saturated heterocycles. The van der Waals surface area contributed by atoms with Gasteiger partial charge in [0.05, 0.1) is 5.92 Å². The Kier molecular flexibility index (Phi) is 6.59. The first kappa shape index (κ1) is 23.8. The van der Waals surface area contributed by atoms with E-state index in [0.717, 1.165) is 36.1 Å². The van der Waals surface area contributed by atoms with E-state index in [2.05, 4.69) is 11.4 Å². The number of para-hydroxylation sites is 1. The average Bonchev–Trinajstić information content (AvgIpc) is 3.32. The molecule has 6 nitrogen and oxygen atoms in total. The standard InChI is InChI=1S/C30H31N3O3/c1-20-16-21(2)18-25(17-20)29(35)32-14-5-7-24(19-32)28(34)31-26-11-9-23(10-12-26)30(36)33-15-13-22-6-3-4-8-27(22)33/h3-4,6,8-12,16-18,24H,5,7,13-15,19H2,1-2H3,(H,31,34). The summed E-state index contributed by atoms with van der Waals surface area (Å²) in [6.45, 7) is 5.71. The van der Waals surface area contributed by atoms with E-state index >= 15 is 0 Å². The van der Waals surface area contributed by atoms with E-state index in [0.29, 0.717) is 36.4 Å². The number of likely N-dealkylation sites (tertiary alicyclic amines) is 1. The summed E-state index contributed by atoms with van der Waals surface area (Å²) < 4.78 is 0. The molecule has 184 valence electrons. The summed E-state index contributed by atoms with van der Waals surface area (Å²) in [6, 6.07) is 20.9. The number of anilines is 2. The molecule has 1 atom stereocenters. The molecule has 2 aliphatic heterocycles. The maximum atomic E-state index is 13.1. The largest absolute Gasteiger partial charge is 0.338 e. The van der Waals surface area contributed by atoms with E-state index in [9.17, 15) is 14.4 Å². The Labute approximate surface area is 211 Å². The number of amides is 3. The maximum Gasteiger partial charge on any atom is 0.258 e. The van der Waals surface area contributed by atoms with Crippen LogP contribution in [0.15, 0.2) is 66.7 Å². The number of hydrogen-bond donors (Lipinski definition) is 1. The van der Waals surface area contributed by atoms with Crippen LogP contribution in [0.1, 0.15) is 50.2 Å². The van der Waals surface area contributed by atoms with Crippen LogP contribution in [0.25, 0.3) is 0 Å². The first-order valence-corrected chi connectivity index (χ1v) is 12.6. The summed E-state index contributed by atoms with van der Waals surface area (Å²) in [5, 5.41) is 2.98. The molecule has 0 radical (unpaired) electrons. The van der Waals surface area contributed by atoms with E-state index in [1.54, 1.807) is 29.2 Å². The number of nitrogens with zero attached hydrogens (tertiary/aromatic N) is 2. The fraction of sp³-hybridized carbons (Fsp3) is 0.300. The van der Waals surface area contributed by atoms with Gasteiger partial charge in [0.15, 0.2) is 0 Å². The van der Waals surface area contributed by atoms with Crippen LogP contribution in [0.3, 0.4) is 0 Å². The molecular weight excluding hydrogens is 450 g/mol. The lowest BCUT2D eigenvalue weighted by atomic mass is 9.96. The number of aryl methyl sites for hydroxylation is 2. The zero-order chi connectivity index (χ0) is 25.2. The van der Waals surface area contributed by atoms with Crippen molar-refractivity contribution in [2.24, 2.45) is 5.92 Å². The van der Waals surface area contributed by atoms with Crippen molar-refractivity contribution < 1.29 is 14.4 Å². The average molecular weight is 482 g/mol. The second-order valence-electron chi connectivity index (χ2n) is 9.87. The number of carbonyl (C=O) groups excluding carboxylic acids is 3. The molecule has 0 aliphatic carbocycles. The Morgan fingerprint density at radius 2 is 1.56 bits per heavy atom. The topological polar surface area (TPSA) is 69.7 Å². The summed E-state index contributed by atoms with van der Waals surface area (Å²) in [6.07, 6.45) is 2.40. The third kappa shape index (κ3) is 4.89. The smallest absolute Gasteiger partial charge is 0.258 e. The highest BCUT2D eigenvalue weighted by atomic mass is 16.2. The third-order valence-corrected chi connectivity index (χ3v) is 7.08. The van der Waals surface area contributed by atoms with Gasteiger partial charge in [-0.1, -0.05) is 35.4 Å². The van der Waals surface area contributed by atoms with Gasteiger partial charge in [0, 0.05) is 42.1 Å². The Morgan fingerprint density at radius 3 is 2.31 bits per heavy atom. The van der Waals surface area contributed by atoms with Crippen LogP contribution in [0.5, 0.6) is 0 Å². The maximum absolute atomic E-state index is 13.1. The van der Waals surface area contributed by atoms with Crippen molar-refractivity contribution in [3.63, 3.8) is 0 Å². The molecule has 3 aromatic carbocycles. The van der Waals surface area contributed by atoms with Crippen molar-refractivity contribution in [1.82, 2.24) is 4.90 Å². The molecule has 1 fully saturated rings. The number of piperidine rings is 1. The highest BCUT2D eigenvalue weighted by molar-refractivity contribution is 6.07. The van der Waals surface area contributed by atoms with Crippen molar-refractivity contribution in [3.8, 4) is 0 Å². The highest BCUT2D eigenvalue weighted by Crippen LogP contribution is 2.29. The van der Waals surface area contributed by atoms with Gasteiger partial charge in [-0.15, -0.1) is 0 Å². The van der Waals surface area contributed by atoms with Crippen LogP contribution in [0, 0.1) is 19.8 Å². The van der Waals surface area contributed by atoms with Crippen LogP contribution in [-0.2, 0) is 11.2 Å². The Balaban J connectivity index is 1.21. The molecule has 1 N–H and O–H groups in total. The number of fused-ring (bicyclic) bond motifs is 1. The number of rotatable bonds is 4. The van der Waals surface area contributed by atoms with Gasteiger partial charge in [0.1, 0.15) is 0 Å². The summed E-state index contributed by atoms with van der Waals surface area (Å²) in [4.78, 5) is 42.7. The minimum atomic E-state index is -0.268. The SMILES string of the molecule is Cc1cc(C)cc(C(=O)N2CCCC(C(=O)Nc3ccc(C(=O)N4CCc5ccccc54)cc3)C2)c1. The van der Waals surface area contributed by atoms with E-state index < -0.39 is 0 Å². The first-order chi connectivity index (χ1) is 17.4. The summed E-state index contributed by atoms with van der Waals surface area (Å²) in [7, 11) is 0. The fourth-order valence-corrected chi connectivity index (χ4v) is 5.30. The van der Waals surface area contributed by atoms with Gasteiger partial charge < -0.3 is 15.1 Å². The third-order valence-electron chi connectivity index (χ3n) is 7.08. The lowest BCUT2D eigenvalue weighted by molar-refractivity contribution is -0.121. The quantitative estimate of drug-likeness (QED) is 0.570. The van der Waals surface area contributed by atoms with Crippen molar-refractivity contribution in [3.05, 3.63) is 94.5 Å². The Bertz CT molecular complexity index is 1300. The number of carbonyl (C=O) groups is 3. The van der Waals surface area contributed by atoms with Crippen LogP contribution in [0.4, 0.5) is 11.4 Å². The molecule has 0 bridgehead atoms.